The Balaban J connectivity index is -0.000000490. The van der Waals surface area contributed by atoms with Gasteiger partial charge in [-0.05, 0) is 12.8 Å². The van der Waals surface area contributed by atoms with Crippen molar-refractivity contribution in [2.75, 3.05) is 13.1 Å². The van der Waals surface area contributed by atoms with E-state index >= 15 is 0 Å². The molecule has 0 saturated heterocycles. The number of hydrogen-bond acceptors (Lipinski definition) is 10. The Morgan fingerprint density at radius 1 is 0.677 bits per heavy atom. The molecule has 0 saturated carbocycles. The minimum atomic E-state index is -1.25. The summed E-state index contributed by atoms with van der Waals surface area (Å²) >= 11 is 0. The van der Waals surface area contributed by atoms with E-state index in [0.29, 0.717) is 0 Å². The van der Waals surface area contributed by atoms with Crippen molar-refractivity contribution in [3.8, 4) is 0 Å². The minimum Gasteiger partial charge on any atom is -0.550 e. The van der Waals surface area contributed by atoms with Gasteiger partial charge in [0.25, 0.3) is 0 Å². The Morgan fingerprint density at radius 3 is 1.19 bits per heavy atom. The zero-order valence-corrected chi connectivity index (χ0v) is 18.2. The predicted octanol–water partition coefficient (Wildman–Crippen LogP) is -5.51. The number of aliphatic carboxylic acids is 4. The number of amides is 2. The van der Waals surface area contributed by atoms with Crippen LogP contribution in [-0.4, -0.2) is 94.1 Å². The Morgan fingerprint density at radius 2 is 0.968 bits per heavy atom. The summed E-state index contributed by atoms with van der Waals surface area (Å²) in [5.41, 5.74) is 10.3. The van der Waals surface area contributed by atoms with E-state index in [-0.39, 0.29) is 74.7 Å². The van der Waals surface area contributed by atoms with Gasteiger partial charge < -0.3 is 52.1 Å². The van der Waals surface area contributed by atoms with Crippen LogP contribution >= 0.6 is 0 Å². The van der Waals surface area contributed by atoms with Crippen molar-refractivity contribution >= 4 is 58.7 Å². The standard InChI is InChI=1S/2C8H14N2O5.Mg/c2*9-5(8(14)15)1-2-6(11)10-4-3-7(12)13;/h2*5H,1-4,9H2,(H,10,11)(H,12,13)(H,14,15);/q;;+2/p-2/t2*5-;/m00./s1. The number of carbonyl (C=O) groups excluding carboxylic acids is 4. The first-order valence-electron chi connectivity index (χ1n) is 8.76. The van der Waals surface area contributed by atoms with Gasteiger partial charge in [0, 0.05) is 50.7 Å². The van der Waals surface area contributed by atoms with Gasteiger partial charge in [0.05, 0.1) is 0 Å². The van der Waals surface area contributed by atoms with Gasteiger partial charge in [-0.2, -0.15) is 0 Å². The van der Waals surface area contributed by atoms with E-state index < -0.39 is 47.8 Å². The zero-order chi connectivity index (χ0) is 23.7. The third-order valence-electron chi connectivity index (χ3n) is 3.30. The van der Waals surface area contributed by atoms with Crippen molar-refractivity contribution in [1.29, 1.82) is 0 Å². The molecule has 0 aliphatic carbocycles. The summed E-state index contributed by atoms with van der Waals surface area (Å²) in [6.07, 6.45) is -0.576. The average molecular weight is 459 g/mol. The van der Waals surface area contributed by atoms with Gasteiger partial charge in [-0.1, -0.05) is 0 Å². The van der Waals surface area contributed by atoms with Crippen LogP contribution in [0.15, 0.2) is 0 Å². The molecule has 0 aromatic rings. The fourth-order valence-corrected chi connectivity index (χ4v) is 1.60. The third-order valence-corrected chi connectivity index (χ3v) is 3.30. The second-order valence-electron chi connectivity index (χ2n) is 5.91. The Kier molecular flexibility index (Phi) is 20.8. The smallest absolute Gasteiger partial charge is 0.550 e. The molecule has 0 unspecified atom stereocenters. The van der Waals surface area contributed by atoms with Gasteiger partial charge in [-0.3, -0.25) is 19.2 Å². The maximum atomic E-state index is 11.0. The van der Waals surface area contributed by atoms with E-state index in [1.807, 2.05) is 0 Å². The first-order chi connectivity index (χ1) is 13.9. The summed E-state index contributed by atoms with van der Waals surface area (Å²) in [5.74, 6) is -5.69. The van der Waals surface area contributed by atoms with Crippen molar-refractivity contribution in [1.82, 2.24) is 10.6 Å². The number of carboxylic acid groups (broad SMARTS) is 4. The summed E-state index contributed by atoms with van der Waals surface area (Å²) < 4.78 is 0. The van der Waals surface area contributed by atoms with Crippen molar-refractivity contribution in [2.45, 2.75) is 50.6 Å². The largest absolute Gasteiger partial charge is 2.00 e. The molecular weight excluding hydrogens is 432 g/mol. The molecule has 2 amide bonds. The fraction of sp³-hybridized carbons (Fsp3) is 0.625. The molecular formula is C16H26MgN4O10. The third kappa shape index (κ3) is 23.7. The van der Waals surface area contributed by atoms with Gasteiger partial charge in [-0.25, -0.2) is 0 Å². The van der Waals surface area contributed by atoms with E-state index in [0.717, 1.165) is 0 Å². The van der Waals surface area contributed by atoms with Crippen LogP contribution in [0.1, 0.15) is 38.5 Å². The molecule has 8 N–H and O–H groups in total. The molecule has 172 valence electrons. The van der Waals surface area contributed by atoms with Gasteiger partial charge >= 0.3 is 35.0 Å². The summed E-state index contributed by atoms with van der Waals surface area (Å²) in [4.78, 5) is 62.5. The molecule has 14 nitrogen and oxygen atoms in total. The number of hydrogen-bond donors (Lipinski definition) is 6. The predicted molar refractivity (Wildman–Crippen MR) is 101 cm³/mol. The number of carbonyl (C=O) groups is 6. The number of rotatable bonds is 14. The van der Waals surface area contributed by atoms with E-state index in [1.54, 1.807) is 0 Å². The van der Waals surface area contributed by atoms with E-state index in [9.17, 15) is 39.0 Å². The maximum absolute atomic E-state index is 11.0. The second kappa shape index (κ2) is 19.5. The topological polar surface area (TPSA) is 265 Å². The second-order valence-corrected chi connectivity index (χ2v) is 5.91. The first-order valence-corrected chi connectivity index (χ1v) is 8.76. The van der Waals surface area contributed by atoms with E-state index in [1.165, 1.54) is 0 Å². The Hall–Kier alpha value is -2.49. The Bertz CT molecular complexity index is 565. The van der Waals surface area contributed by atoms with Gasteiger partial charge in [-0.15, -0.1) is 0 Å². The molecule has 0 fully saturated rings. The monoisotopic (exact) mass is 458 g/mol. The maximum Gasteiger partial charge on any atom is 2.00 e. The molecule has 0 aromatic heterocycles. The molecule has 2 atom stereocenters. The van der Waals surface area contributed by atoms with Crippen LogP contribution in [0.2, 0.25) is 0 Å². The Labute approximate surface area is 193 Å². The van der Waals surface area contributed by atoms with Crippen LogP contribution in [0.4, 0.5) is 0 Å². The quantitative estimate of drug-likeness (QED) is 0.133. The fourth-order valence-electron chi connectivity index (χ4n) is 1.60. The molecule has 15 heteroatoms. The summed E-state index contributed by atoms with van der Waals surface area (Å²) in [6.45, 7) is -0.0487. The molecule has 0 spiro atoms. The van der Waals surface area contributed by atoms with Crippen molar-refractivity contribution in [3.63, 3.8) is 0 Å². The number of carboxylic acids is 4. The first kappa shape index (κ1) is 33.2. The number of nitrogens with one attached hydrogen (secondary N) is 2. The average Bonchev–Trinajstić information content (AvgIpc) is 2.63. The van der Waals surface area contributed by atoms with Crippen LogP contribution < -0.4 is 32.3 Å². The summed E-state index contributed by atoms with van der Waals surface area (Å²) in [7, 11) is 0. The van der Waals surface area contributed by atoms with Crippen molar-refractivity contribution < 1.29 is 49.2 Å². The summed E-state index contributed by atoms with van der Waals surface area (Å²) in [6, 6.07) is -2.14. The van der Waals surface area contributed by atoms with Crippen molar-refractivity contribution in [3.05, 3.63) is 0 Å². The molecule has 0 radical (unpaired) electrons. The molecule has 0 bridgehead atoms. The van der Waals surface area contributed by atoms with Gasteiger partial charge in [0.2, 0.25) is 11.8 Å². The molecule has 0 heterocycles. The summed E-state index contributed by atoms with van der Waals surface area (Å²) in [5, 5.41) is 41.4. The molecule has 31 heavy (non-hydrogen) atoms. The number of nitrogens with two attached hydrogens (primary N) is 2. The van der Waals surface area contributed by atoms with Crippen molar-refractivity contribution in [2.24, 2.45) is 11.5 Å². The molecule has 0 rings (SSSR count). The van der Waals surface area contributed by atoms with Crippen LogP contribution in [0, 0.1) is 0 Å². The molecule has 0 aromatic carbocycles. The van der Waals surface area contributed by atoms with Crippen LogP contribution in [0.5, 0.6) is 0 Å². The zero-order valence-electron chi connectivity index (χ0n) is 16.8. The van der Waals surface area contributed by atoms with Crippen LogP contribution in [-0.2, 0) is 28.8 Å². The van der Waals surface area contributed by atoms with E-state index in [4.69, 9.17) is 21.7 Å². The SMILES string of the molecule is N[C@@H](CCC(=O)NCCC(=O)[O-])C(=O)O.N[C@@H](CCC(=O)NCCC(=O)[O-])C(=O)O.[Mg+2]. The molecule has 0 aliphatic heterocycles. The minimum absolute atomic E-state index is 0. The normalized spacial score (nSPS) is 11.4. The van der Waals surface area contributed by atoms with Gasteiger partial charge in [0.15, 0.2) is 0 Å². The van der Waals surface area contributed by atoms with Gasteiger partial charge in [0.1, 0.15) is 12.1 Å². The van der Waals surface area contributed by atoms with Crippen LogP contribution in [0.25, 0.3) is 0 Å². The van der Waals surface area contributed by atoms with E-state index in [2.05, 4.69) is 10.6 Å². The van der Waals surface area contributed by atoms with Crippen LogP contribution in [0.3, 0.4) is 0 Å². The molecule has 0 aliphatic rings.